The number of amides is 1. The number of aromatic amines is 1. The lowest BCUT2D eigenvalue weighted by molar-refractivity contribution is -0.122. The van der Waals surface area contributed by atoms with Crippen molar-refractivity contribution in [2.45, 2.75) is 58.4 Å². The van der Waals surface area contributed by atoms with Crippen LogP contribution < -0.4 is 10.9 Å². The van der Waals surface area contributed by atoms with E-state index < -0.39 is 0 Å². The van der Waals surface area contributed by atoms with Crippen molar-refractivity contribution in [1.29, 1.82) is 5.26 Å². The molecule has 1 atom stereocenters. The zero-order valence-electron chi connectivity index (χ0n) is 15.8. The number of thiophene rings is 1. The summed E-state index contributed by atoms with van der Waals surface area (Å²) >= 11 is 1.70. The van der Waals surface area contributed by atoms with Gasteiger partial charge in [0.15, 0.2) is 0 Å². The second kappa shape index (κ2) is 8.53. The summed E-state index contributed by atoms with van der Waals surface area (Å²) in [7, 11) is 0. The van der Waals surface area contributed by atoms with Crippen LogP contribution in [0.5, 0.6) is 0 Å². The van der Waals surface area contributed by atoms with E-state index in [9.17, 15) is 14.9 Å². The molecular formula is C21H25N3O2S. The summed E-state index contributed by atoms with van der Waals surface area (Å²) in [6.07, 6.45) is 5.63. The number of hydrogen-bond acceptors (Lipinski definition) is 4. The number of carbonyl (C=O) groups is 1. The maximum atomic E-state index is 12.7. The summed E-state index contributed by atoms with van der Waals surface area (Å²) in [5, 5.41) is 14.5. The molecule has 0 bridgehead atoms. The van der Waals surface area contributed by atoms with Crippen LogP contribution in [0, 0.1) is 31.1 Å². The van der Waals surface area contributed by atoms with E-state index in [0.29, 0.717) is 24.3 Å². The SMILES string of the molecule is Cc1[nH]c(=O)c(C#N)c(C)c1CCC(=O)NC(c1cccs1)C1CCCC1. The maximum Gasteiger partial charge on any atom is 0.266 e. The normalized spacial score (nSPS) is 15.4. The molecule has 142 valence electrons. The van der Waals surface area contributed by atoms with E-state index in [1.165, 1.54) is 17.7 Å². The van der Waals surface area contributed by atoms with Crippen LogP contribution in [0.15, 0.2) is 22.3 Å². The fraction of sp³-hybridized carbons (Fsp3) is 0.476. The highest BCUT2D eigenvalue weighted by molar-refractivity contribution is 7.10. The van der Waals surface area contributed by atoms with Gasteiger partial charge in [-0.3, -0.25) is 9.59 Å². The summed E-state index contributed by atoms with van der Waals surface area (Å²) in [5.74, 6) is 0.526. The van der Waals surface area contributed by atoms with E-state index in [4.69, 9.17) is 0 Å². The Balaban J connectivity index is 1.70. The number of pyridine rings is 1. The predicted molar refractivity (Wildman–Crippen MR) is 107 cm³/mol. The molecule has 2 N–H and O–H groups in total. The minimum atomic E-state index is -0.361. The summed E-state index contributed by atoms with van der Waals surface area (Å²) in [6.45, 7) is 3.59. The monoisotopic (exact) mass is 383 g/mol. The first kappa shape index (κ1) is 19.4. The van der Waals surface area contributed by atoms with Gasteiger partial charge in [-0.05, 0) is 61.6 Å². The molecule has 1 unspecified atom stereocenters. The van der Waals surface area contributed by atoms with Crippen molar-refractivity contribution in [1.82, 2.24) is 10.3 Å². The van der Waals surface area contributed by atoms with E-state index >= 15 is 0 Å². The first-order chi connectivity index (χ1) is 13.0. The van der Waals surface area contributed by atoms with Gasteiger partial charge in [0.1, 0.15) is 11.6 Å². The molecule has 2 aromatic heterocycles. The van der Waals surface area contributed by atoms with Crippen molar-refractivity contribution in [2.24, 2.45) is 5.92 Å². The van der Waals surface area contributed by atoms with E-state index in [2.05, 4.69) is 21.7 Å². The van der Waals surface area contributed by atoms with Gasteiger partial charge < -0.3 is 10.3 Å². The summed E-state index contributed by atoms with van der Waals surface area (Å²) in [6, 6.07) is 6.19. The zero-order chi connectivity index (χ0) is 19.4. The number of H-pyrrole nitrogens is 1. The molecule has 0 aliphatic heterocycles. The molecule has 1 aliphatic carbocycles. The third-order valence-electron chi connectivity index (χ3n) is 5.56. The topological polar surface area (TPSA) is 85.8 Å². The highest BCUT2D eigenvalue weighted by Gasteiger charge is 2.28. The van der Waals surface area contributed by atoms with Crippen molar-refractivity contribution in [3.05, 3.63) is 55.1 Å². The second-order valence-electron chi connectivity index (χ2n) is 7.27. The third kappa shape index (κ3) is 4.30. The molecular weight excluding hydrogens is 358 g/mol. The van der Waals surface area contributed by atoms with Crippen LogP contribution in [0.1, 0.15) is 65.4 Å². The molecule has 2 heterocycles. The summed E-state index contributed by atoms with van der Waals surface area (Å²) < 4.78 is 0. The Labute approximate surface area is 163 Å². The lowest BCUT2D eigenvalue weighted by atomic mass is 9.95. The number of nitrogens with zero attached hydrogens (tertiary/aromatic N) is 1. The molecule has 0 spiro atoms. The number of hydrogen-bond donors (Lipinski definition) is 2. The average molecular weight is 384 g/mol. The van der Waals surface area contributed by atoms with Gasteiger partial charge in [-0.15, -0.1) is 11.3 Å². The van der Waals surface area contributed by atoms with Crippen LogP contribution in [-0.2, 0) is 11.2 Å². The highest BCUT2D eigenvalue weighted by Crippen LogP contribution is 2.37. The highest BCUT2D eigenvalue weighted by atomic mass is 32.1. The van der Waals surface area contributed by atoms with E-state index in [-0.39, 0.29) is 23.1 Å². The van der Waals surface area contributed by atoms with Crippen LogP contribution in [0.3, 0.4) is 0 Å². The van der Waals surface area contributed by atoms with Gasteiger partial charge in [-0.25, -0.2) is 0 Å². The molecule has 2 aromatic rings. The van der Waals surface area contributed by atoms with E-state index in [1.807, 2.05) is 19.1 Å². The molecule has 3 rings (SSSR count). The molecule has 5 nitrogen and oxygen atoms in total. The lowest BCUT2D eigenvalue weighted by Crippen LogP contribution is -2.32. The summed E-state index contributed by atoms with van der Waals surface area (Å²) in [5.41, 5.74) is 2.07. The van der Waals surface area contributed by atoms with E-state index in [0.717, 1.165) is 24.1 Å². The van der Waals surface area contributed by atoms with Crippen molar-refractivity contribution in [2.75, 3.05) is 0 Å². The third-order valence-corrected chi connectivity index (χ3v) is 6.52. The van der Waals surface area contributed by atoms with Crippen LogP contribution in [0.2, 0.25) is 0 Å². The second-order valence-corrected chi connectivity index (χ2v) is 8.25. The van der Waals surface area contributed by atoms with Gasteiger partial charge in [0.05, 0.1) is 6.04 Å². The number of nitriles is 1. The fourth-order valence-electron chi connectivity index (χ4n) is 4.08. The minimum absolute atomic E-state index is 0.0174. The summed E-state index contributed by atoms with van der Waals surface area (Å²) in [4.78, 5) is 28.5. The number of rotatable bonds is 6. The van der Waals surface area contributed by atoms with Crippen LogP contribution in [0.25, 0.3) is 0 Å². The van der Waals surface area contributed by atoms with Gasteiger partial charge in [0, 0.05) is 17.0 Å². The lowest BCUT2D eigenvalue weighted by Gasteiger charge is -2.24. The molecule has 0 saturated heterocycles. The standard InChI is InChI=1S/C21H25N3O2S/c1-13-16(14(2)23-21(26)17(13)12-22)9-10-19(25)24-20(15-6-3-4-7-15)18-8-5-11-27-18/h5,8,11,15,20H,3-4,6-7,9-10H2,1-2H3,(H,23,26)(H,24,25). The molecule has 1 fully saturated rings. The van der Waals surface area contributed by atoms with Crippen molar-refractivity contribution in [3.63, 3.8) is 0 Å². The van der Waals surface area contributed by atoms with Gasteiger partial charge in [0.2, 0.25) is 5.91 Å². The Morgan fingerprint density at radius 2 is 2.15 bits per heavy atom. The van der Waals surface area contributed by atoms with Gasteiger partial charge in [-0.1, -0.05) is 18.9 Å². The number of nitrogens with one attached hydrogen (secondary N) is 2. The Kier molecular flexibility index (Phi) is 6.12. The molecule has 1 amide bonds. The van der Waals surface area contributed by atoms with Gasteiger partial charge in [-0.2, -0.15) is 5.26 Å². The van der Waals surface area contributed by atoms with Gasteiger partial charge in [0.25, 0.3) is 5.56 Å². The Bertz CT molecular complexity index is 903. The molecule has 0 aromatic carbocycles. The fourth-order valence-corrected chi connectivity index (χ4v) is 4.95. The van der Waals surface area contributed by atoms with Gasteiger partial charge >= 0.3 is 0 Å². The first-order valence-corrected chi connectivity index (χ1v) is 10.3. The first-order valence-electron chi connectivity index (χ1n) is 9.46. The smallest absolute Gasteiger partial charge is 0.266 e. The van der Waals surface area contributed by atoms with Crippen molar-refractivity contribution in [3.8, 4) is 6.07 Å². The maximum absolute atomic E-state index is 12.7. The Morgan fingerprint density at radius 3 is 2.78 bits per heavy atom. The number of aryl methyl sites for hydroxylation is 1. The molecule has 27 heavy (non-hydrogen) atoms. The van der Waals surface area contributed by atoms with Crippen molar-refractivity contribution < 1.29 is 4.79 Å². The largest absolute Gasteiger partial charge is 0.348 e. The molecule has 6 heteroatoms. The van der Waals surface area contributed by atoms with E-state index in [1.54, 1.807) is 18.3 Å². The predicted octanol–water partition coefficient (Wildman–Crippen LogP) is 3.91. The van der Waals surface area contributed by atoms with Crippen molar-refractivity contribution >= 4 is 17.2 Å². The van der Waals surface area contributed by atoms with Crippen LogP contribution in [-0.4, -0.2) is 10.9 Å². The van der Waals surface area contributed by atoms with Crippen LogP contribution >= 0.6 is 11.3 Å². The average Bonchev–Trinajstić information content (AvgIpc) is 3.33. The quantitative estimate of drug-likeness (QED) is 0.793. The minimum Gasteiger partial charge on any atom is -0.348 e. The number of carbonyl (C=O) groups excluding carboxylic acids is 1. The van der Waals surface area contributed by atoms with Crippen LogP contribution in [0.4, 0.5) is 0 Å². The number of aromatic nitrogens is 1. The molecule has 0 radical (unpaired) electrons. The molecule has 1 saturated carbocycles. The zero-order valence-corrected chi connectivity index (χ0v) is 16.6. The Morgan fingerprint density at radius 1 is 1.41 bits per heavy atom. The Hall–Kier alpha value is -2.39. The molecule has 1 aliphatic rings.